The number of anilines is 1. The molecule has 0 radical (unpaired) electrons. The number of aliphatic hydroxyl groups excluding tert-OH is 1. The minimum absolute atomic E-state index is 0.0359. The Morgan fingerprint density at radius 3 is 2.72 bits per heavy atom. The van der Waals surface area contributed by atoms with Crippen LogP contribution < -0.4 is 5.73 Å². The van der Waals surface area contributed by atoms with Crippen LogP contribution in [0.25, 0.3) is 32.5 Å². The number of rotatable bonds is 6. The van der Waals surface area contributed by atoms with Crippen molar-refractivity contribution < 1.29 is 9.32 Å². The summed E-state index contributed by atoms with van der Waals surface area (Å²) >= 11 is 1.50. The Morgan fingerprint density at radius 2 is 2.03 bits per heavy atom. The van der Waals surface area contributed by atoms with Crippen LogP contribution in [0.4, 0.5) is 5.69 Å². The largest absolute Gasteiger partial charge is 0.396 e. The Balaban J connectivity index is 1.48. The molecule has 1 unspecified atom stereocenters. The molecule has 7 nitrogen and oxygen atoms in total. The number of pyridine rings is 2. The van der Waals surface area contributed by atoms with E-state index in [4.69, 9.17) is 10.7 Å². The van der Waals surface area contributed by atoms with Crippen LogP contribution in [0.3, 0.4) is 0 Å². The van der Waals surface area contributed by atoms with Gasteiger partial charge in [-0.15, -0.1) is 11.3 Å². The summed E-state index contributed by atoms with van der Waals surface area (Å²) in [6.07, 6.45) is 10.4. The number of aromatic nitrogens is 4. The first kappa shape index (κ1) is 20.3. The highest BCUT2D eigenvalue weighted by atomic mass is 32.2. The van der Waals surface area contributed by atoms with Crippen molar-refractivity contribution in [1.29, 1.82) is 0 Å². The lowest BCUT2D eigenvalue weighted by atomic mass is 9.79. The van der Waals surface area contributed by atoms with Gasteiger partial charge >= 0.3 is 0 Å². The fourth-order valence-corrected chi connectivity index (χ4v) is 7.74. The van der Waals surface area contributed by atoms with E-state index >= 15 is 0 Å². The number of nitrogens with two attached hydrogens (primary N) is 1. The number of nitrogens with zero attached hydrogens (tertiary/aromatic N) is 4. The predicted molar refractivity (Wildman–Crippen MR) is 128 cm³/mol. The minimum Gasteiger partial charge on any atom is -0.396 e. The highest BCUT2D eigenvalue weighted by Gasteiger charge is 2.31. The van der Waals surface area contributed by atoms with Crippen molar-refractivity contribution in [2.24, 2.45) is 0 Å². The average Bonchev–Trinajstić information content (AvgIpc) is 3.25. The minimum atomic E-state index is -1.05. The number of thiophene rings is 1. The highest BCUT2D eigenvalue weighted by molar-refractivity contribution is 7.88. The van der Waals surface area contributed by atoms with Crippen molar-refractivity contribution in [2.45, 2.75) is 60.4 Å². The predicted octanol–water partition coefficient (Wildman–Crippen LogP) is 4.21. The molecule has 4 heterocycles. The second-order valence-corrected chi connectivity index (χ2v) is 11.7. The fourth-order valence-electron chi connectivity index (χ4n) is 4.53. The zero-order chi connectivity index (χ0) is 21.8. The van der Waals surface area contributed by atoms with Crippen molar-refractivity contribution in [2.75, 3.05) is 12.3 Å². The van der Waals surface area contributed by atoms with Gasteiger partial charge in [-0.2, -0.15) is 5.10 Å². The number of aliphatic hydroxyl groups is 1. The quantitative estimate of drug-likeness (QED) is 0.440. The molecule has 2 aliphatic rings. The normalized spacial score (nSPS) is 18.2. The lowest BCUT2D eigenvalue weighted by molar-refractivity contribution is 0.270. The van der Waals surface area contributed by atoms with Gasteiger partial charge in [0.2, 0.25) is 0 Å². The van der Waals surface area contributed by atoms with Gasteiger partial charge in [-0.1, -0.05) is 12.8 Å². The van der Waals surface area contributed by atoms with Crippen molar-refractivity contribution in [1.82, 2.24) is 19.7 Å². The summed E-state index contributed by atoms with van der Waals surface area (Å²) in [5.74, 6) is 0.477. The van der Waals surface area contributed by atoms with E-state index in [1.165, 1.54) is 23.3 Å². The molecule has 1 atom stereocenters. The van der Waals surface area contributed by atoms with Crippen LogP contribution in [0.1, 0.15) is 50.0 Å². The van der Waals surface area contributed by atoms with Crippen LogP contribution in [0.15, 0.2) is 28.7 Å². The zero-order valence-electron chi connectivity index (χ0n) is 17.7. The first-order valence-corrected chi connectivity index (χ1v) is 13.2. The molecule has 0 saturated heterocycles. The number of fused-ring (bicyclic) bond motifs is 2. The summed E-state index contributed by atoms with van der Waals surface area (Å²) in [5, 5.41) is 15.7. The molecule has 4 aromatic rings. The Labute approximate surface area is 192 Å². The molecule has 4 aromatic heterocycles. The van der Waals surface area contributed by atoms with E-state index in [0.717, 1.165) is 63.2 Å². The van der Waals surface area contributed by atoms with Gasteiger partial charge in [0, 0.05) is 34.0 Å². The summed E-state index contributed by atoms with van der Waals surface area (Å²) in [5.41, 5.74) is 11.0. The second kappa shape index (κ2) is 7.90. The van der Waals surface area contributed by atoms with Crippen molar-refractivity contribution >= 4 is 49.1 Å². The molecule has 2 aliphatic carbocycles. The van der Waals surface area contributed by atoms with Crippen LogP contribution in [0.5, 0.6) is 0 Å². The van der Waals surface area contributed by atoms with E-state index in [1.54, 1.807) is 4.68 Å². The molecule has 2 fully saturated rings. The van der Waals surface area contributed by atoms with E-state index in [2.05, 4.69) is 16.1 Å². The molecule has 0 aromatic carbocycles. The van der Waals surface area contributed by atoms with Crippen LogP contribution in [0, 0.1) is 0 Å². The van der Waals surface area contributed by atoms with Crippen molar-refractivity contribution in [3.63, 3.8) is 0 Å². The first-order valence-electron chi connectivity index (χ1n) is 11.2. The second-order valence-electron chi connectivity index (χ2n) is 8.81. The van der Waals surface area contributed by atoms with E-state index in [0.29, 0.717) is 23.8 Å². The molecule has 0 aliphatic heterocycles. The van der Waals surface area contributed by atoms with Gasteiger partial charge in [-0.3, -0.25) is 8.89 Å². The van der Waals surface area contributed by atoms with E-state index in [-0.39, 0.29) is 11.9 Å². The Hall–Kier alpha value is -2.36. The molecule has 166 valence electrons. The maximum atomic E-state index is 13.1. The Morgan fingerprint density at radius 1 is 1.22 bits per heavy atom. The average molecular weight is 468 g/mol. The number of hydrogen-bond acceptors (Lipinski definition) is 7. The maximum absolute atomic E-state index is 13.1. The molecule has 0 amide bonds. The van der Waals surface area contributed by atoms with Gasteiger partial charge in [0.15, 0.2) is 5.65 Å². The van der Waals surface area contributed by atoms with Crippen LogP contribution >= 0.6 is 11.3 Å². The van der Waals surface area contributed by atoms with Gasteiger partial charge in [0.05, 0.1) is 35.3 Å². The topological polar surface area (TPSA) is 107 Å². The Bertz CT molecular complexity index is 1350. The van der Waals surface area contributed by atoms with Gasteiger partial charge in [-0.25, -0.2) is 9.97 Å². The van der Waals surface area contributed by atoms with Gasteiger partial charge in [-0.05, 0) is 49.3 Å². The number of nitrogen functional groups attached to an aromatic ring is 1. The van der Waals surface area contributed by atoms with E-state index in [1.807, 2.05) is 18.5 Å². The molecule has 2 saturated carbocycles. The third kappa shape index (κ3) is 3.25. The van der Waals surface area contributed by atoms with Gasteiger partial charge in [0.25, 0.3) is 0 Å². The fraction of sp³-hybridized carbons (Fsp3) is 0.435. The third-order valence-corrected chi connectivity index (χ3v) is 10.1. The highest BCUT2D eigenvalue weighted by Crippen LogP contribution is 2.47. The van der Waals surface area contributed by atoms with Crippen LogP contribution in [-0.4, -0.2) is 40.9 Å². The molecule has 32 heavy (non-hydrogen) atoms. The molecule has 0 spiro atoms. The molecule has 9 heteroatoms. The van der Waals surface area contributed by atoms with Crippen molar-refractivity contribution in [3.05, 3.63) is 30.1 Å². The smallest absolute Gasteiger partial charge is 0.181 e. The van der Waals surface area contributed by atoms with Gasteiger partial charge in [0.1, 0.15) is 9.04 Å². The molecule has 0 bridgehead atoms. The monoisotopic (exact) mass is 467 g/mol. The number of hydrogen-bond donors (Lipinski definition) is 2. The zero-order valence-corrected chi connectivity index (χ0v) is 19.3. The maximum Gasteiger partial charge on any atom is 0.181 e. The van der Waals surface area contributed by atoms with Crippen LogP contribution in [0.2, 0.25) is 0 Å². The summed E-state index contributed by atoms with van der Waals surface area (Å²) in [6, 6.07) is 4.21. The van der Waals surface area contributed by atoms with Crippen LogP contribution in [-0.2, 0) is 17.3 Å². The van der Waals surface area contributed by atoms with Crippen molar-refractivity contribution in [3.8, 4) is 11.3 Å². The Kier molecular flexibility index (Phi) is 5.00. The van der Waals surface area contributed by atoms with E-state index < -0.39 is 10.8 Å². The van der Waals surface area contributed by atoms with E-state index in [9.17, 15) is 9.32 Å². The summed E-state index contributed by atoms with van der Waals surface area (Å²) in [6.45, 7) is 0.477. The summed E-state index contributed by atoms with van der Waals surface area (Å²) < 4.78 is 15.6. The summed E-state index contributed by atoms with van der Waals surface area (Å²) in [4.78, 5) is 10.4. The lowest BCUT2D eigenvalue weighted by Crippen LogP contribution is -2.23. The van der Waals surface area contributed by atoms with Gasteiger partial charge < -0.3 is 10.8 Å². The molecular weight excluding hydrogens is 442 g/mol. The summed E-state index contributed by atoms with van der Waals surface area (Å²) in [7, 11) is -1.05. The SMILES string of the molecule is Nc1c(S(=O)C2CCC2)sc2nc(-c3cnc4nn(CCO)cc4c3)cc(C3CCC3)c12. The standard InChI is InChI=1S/C23H25N5O2S2/c24-20-19-17(13-3-1-4-13)10-18(26-22(19)31-23(20)32(30)16-5-2-6-16)14-9-15-12-28(7-8-29)27-21(15)25-11-14/h9-13,16,29H,1-8,24H2. The molecular formula is C23H25N5O2S2. The molecule has 3 N–H and O–H groups in total. The first-order chi connectivity index (χ1) is 15.6. The third-order valence-electron chi connectivity index (χ3n) is 6.81. The lowest BCUT2D eigenvalue weighted by Gasteiger charge is -2.27. The molecule has 6 rings (SSSR count).